The number of hydrogen-bond donors (Lipinski definition) is 2. The van der Waals surface area contributed by atoms with Crippen LogP contribution in [-0.4, -0.2) is 16.1 Å². The van der Waals surface area contributed by atoms with Gasteiger partial charge in [-0.3, -0.25) is 15.3 Å². The van der Waals surface area contributed by atoms with E-state index in [4.69, 9.17) is 5.73 Å². The fourth-order valence-corrected chi connectivity index (χ4v) is 2.02. The number of nitrogens with two attached hydrogens (primary N) is 1. The predicted octanol–water partition coefficient (Wildman–Crippen LogP) is 2.24. The van der Waals surface area contributed by atoms with Crippen LogP contribution in [-0.2, 0) is 0 Å². The molecule has 19 heavy (non-hydrogen) atoms. The summed E-state index contributed by atoms with van der Waals surface area (Å²) in [5.41, 5.74) is 7.97. The van der Waals surface area contributed by atoms with E-state index in [2.05, 4.69) is 22.2 Å². The number of hydrogen-bond acceptors (Lipinski definition) is 4. The van der Waals surface area contributed by atoms with Gasteiger partial charge in [0.25, 0.3) is 0 Å². The SMILES string of the molecule is CCCC(N)NC(c1ccccn1)c1ccccn1. The van der Waals surface area contributed by atoms with E-state index in [1.54, 1.807) is 12.4 Å². The minimum absolute atomic E-state index is 0.0565. The van der Waals surface area contributed by atoms with E-state index < -0.39 is 0 Å². The van der Waals surface area contributed by atoms with Crippen molar-refractivity contribution >= 4 is 0 Å². The molecular weight excluding hydrogens is 236 g/mol. The highest BCUT2D eigenvalue weighted by Gasteiger charge is 2.18. The zero-order valence-electron chi connectivity index (χ0n) is 11.2. The molecule has 100 valence electrons. The molecule has 0 aliphatic carbocycles. The fraction of sp³-hybridized carbons (Fsp3) is 0.333. The lowest BCUT2D eigenvalue weighted by Gasteiger charge is -2.22. The van der Waals surface area contributed by atoms with Gasteiger partial charge in [0, 0.05) is 12.4 Å². The fourth-order valence-electron chi connectivity index (χ4n) is 2.02. The van der Waals surface area contributed by atoms with E-state index in [0.29, 0.717) is 0 Å². The molecule has 2 aromatic heterocycles. The Morgan fingerprint density at radius 3 is 2.05 bits per heavy atom. The van der Waals surface area contributed by atoms with Crippen LogP contribution >= 0.6 is 0 Å². The summed E-state index contributed by atoms with van der Waals surface area (Å²) in [7, 11) is 0. The van der Waals surface area contributed by atoms with E-state index in [1.165, 1.54) is 0 Å². The second kappa shape index (κ2) is 6.97. The molecule has 0 radical (unpaired) electrons. The molecule has 0 saturated carbocycles. The maximum atomic E-state index is 6.09. The molecule has 4 nitrogen and oxygen atoms in total. The van der Waals surface area contributed by atoms with Crippen LogP contribution in [0.1, 0.15) is 37.2 Å². The van der Waals surface area contributed by atoms with Crippen LogP contribution in [0.25, 0.3) is 0 Å². The quantitative estimate of drug-likeness (QED) is 0.778. The summed E-state index contributed by atoms with van der Waals surface area (Å²) in [5, 5.41) is 3.40. The van der Waals surface area contributed by atoms with Crippen molar-refractivity contribution in [1.82, 2.24) is 15.3 Å². The summed E-state index contributed by atoms with van der Waals surface area (Å²) in [4.78, 5) is 8.82. The Bertz CT molecular complexity index is 433. The lowest BCUT2D eigenvalue weighted by atomic mass is 10.1. The Kier molecular flexibility index (Phi) is 5.01. The highest BCUT2D eigenvalue weighted by Crippen LogP contribution is 2.18. The highest BCUT2D eigenvalue weighted by molar-refractivity contribution is 5.21. The average molecular weight is 256 g/mol. The summed E-state index contributed by atoms with van der Waals surface area (Å²) >= 11 is 0. The minimum atomic E-state index is -0.0658. The van der Waals surface area contributed by atoms with Gasteiger partial charge in [0.15, 0.2) is 0 Å². The number of aromatic nitrogens is 2. The van der Waals surface area contributed by atoms with Gasteiger partial charge in [-0.25, -0.2) is 0 Å². The predicted molar refractivity (Wildman–Crippen MR) is 76.3 cm³/mol. The molecular formula is C15H20N4. The van der Waals surface area contributed by atoms with E-state index in [9.17, 15) is 0 Å². The molecule has 2 rings (SSSR count). The first-order valence-electron chi connectivity index (χ1n) is 6.64. The Balaban J connectivity index is 2.24. The van der Waals surface area contributed by atoms with Crippen molar-refractivity contribution < 1.29 is 0 Å². The lowest BCUT2D eigenvalue weighted by Crippen LogP contribution is -2.40. The van der Waals surface area contributed by atoms with Gasteiger partial charge >= 0.3 is 0 Å². The molecule has 0 amide bonds. The molecule has 0 aliphatic heterocycles. The molecule has 0 saturated heterocycles. The van der Waals surface area contributed by atoms with Crippen molar-refractivity contribution in [1.29, 1.82) is 0 Å². The van der Waals surface area contributed by atoms with Gasteiger partial charge < -0.3 is 5.73 Å². The van der Waals surface area contributed by atoms with Crippen molar-refractivity contribution in [3.05, 3.63) is 60.2 Å². The maximum absolute atomic E-state index is 6.09. The van der Waals surface area contributed by atoms with Crippen molar-refractivity contribution in [3.63, 3.8) is 0 Å². The summed E-state index contributed by atoms with van der Waals surface area (Å²) in [6, 6.07) is 11.7. The average Bonchev–Trinajstić information content (AvgIpc) is 2.47. The van der Waals surface area contributed by atoms with Crippen LogP contribution in [0.2, 0.25) is 0 Å². The van der Waals surface area contributed by atoms with Crippen LogP contribution in [0.4, 0.5) is 0 Å². The zero-order chi connectivity index (χ0) is 13.5. The standard InChI is InChI=1S/C15H20N4/c1-2-7-14(16)19-15(12-8-3-5-10-17-12)13-9-4-6-11-18-13/h3-6,8-11,14-15,19H,2,7,16H2,1H3. The van der Waals surface area contributed by atoms with Crippen molar-refractivity contribution in [2.45, 2.75) is 32.0 Å². The van der Waals surface area contributed by atoms with Gasteiger partial charge in [-0.2, -0.15) is 0 Å². The summed E-state index contributed by atoms with van der Waals surface area (Å²) in [6.45, 7) is 2.12. The van der Waals surface area contributed by atoms with E-state index in [1.807, 2.05) is 36.4 Å². The molecule has 0 aromatic carbocycles. The number of pyridine rings is 2. The number of nitrogens with one attached hydrogen (secondary N) is 1. The Hall–Kier alpha value is -1.78. The van der Waals surface area contributed by atoms with Gasteiger partial charge in [0.1, 0.15) is 0 Å². The largest absolute Gasteiger partial charge is 0.316 e. The third-order valence-corrected chi connectivity index (χ3v) is 2.95. The van der Waals surface area contributed by atoms with E-state index >= 15 is 0 Å². The monoisotopic (exact) mass is 256 g/mol. The molecule has 0 bridgehead atoms. The lowest BCUT2D eigenvalue weighted by molar-refractivity contribution is 0.442. The van der Waals surface area contributed by atoms with Gasteiger partial charge in [-0.15, -0.1) is 0 Å². The van der Waals surface area contributed by atoms with Crippen LogP contribution in [0.15, 0.2) is 48.8 Å². The molecule has 0 aliphatic rings. The third kappa shape index (κ3) is 3.84. The number of nitrogens with zero attached hydrogens (tertiary/aromatic N) is 2. The topological polar surface area (TPSA) is 63.8 Å². The van der Waals surface area contributed by atoms with Crippen molar-refractivity contribution in [2.75, 3.05) is 0 Å². The minimum Gasteiger partial charge on any atom is -0.316 e. The summed E-state index contributed by atoms with van der Waals surface area (Å²) in [5.74, 6) is 0. The normalized spacial score (nSPS) is 12.6. The van der Waals surface area contributed by atoms with E-state index in [-0.39, 0.29) is 12.2 Å². The molecule has 1 atom stereocenters. The van der Waals surface area contributed by atoms with Crippen molar-refractivity contribution in [3.8, 4) is 0 Å². The Labute approximate surface area is 114 Å². The molecule has 0 spiro atoms. The maximum Gasteiger partial charge on any atom is 0.0936 e. The number of rotatable bonds is 6. The molecule has 3 N–H and O–H groups in total. The first-order chi connectivity index (χ1) is 9.31. The second-order valence-electron chi connectivity index (χ2n) is 4.50. The molecule has 0 fully saturated rings. The third-order valence-electron chi connectivity index (χ3n) is 2.95. The van der Waals surface area contributed by atoms with Gasteiger partial charge in [-0.05, 0) is 30.7 Å². The van der Waals surface area contributed by atoms with Crippen LogP contribution in [0.5, 0.6) is 0 Å². The summed E-state index contributed by atoms with van der Waals surface area (Å²) in [6.07, 6.45) is 5.50. The molecule has 1 unspecified atom stereocenters. The first kappa shape index (κ1) is 13.6. The van der Waals surface area contributed by atoms with Gasteiger partial charge in [0.05, 0.1) is 23.6 Å². The van der Waals surface area contributed by atoms with Crippen LogP contribution < -0.4 is 11.1 Å². The molecule has 2 heterocycles. The Morgan fingerprint density at radius 2 is 1.63 bits per heavy atom. The highest BCUT2D eigenvalue weighted by atomic mass is 15.1. The Morgan fingerprint density at radius 1 is 1.05 bits per heavy atom. The van der Waals surface area contributed by atoms with E-state index in [0.717, 1.165) is 24.2 Å². The van der Waals surface area contributed by atoms with Gasteiger partial charge in [-0.1, -0.05) is 25.5 Å². The molecule has 4 heteroatoms. The molecule has 2 aromatic rings. The zero-order valence-corrected chi connectivity index (χ0v) is 11.2. The second-order valence-corrected chi connectivity index (χ2v) is 4.50. The summed E-state index contributed by atoms with van der Waals surface area (Å²) < 4.78 is 0. The van der Waals surface area contributed by atoms with Gasteiger partial charge in [0.2, 0.25) is 0 Å². The van der Waals surface area contributed by atoms with Crippen LogP contribution in [0.3, 0.4) is 0 Å². The smallest absolute Gasteiger partial charge is 0.0936 e. The van der Waals surface area contributed by atoms with Crippen molar-refractivity contribution in [2.24, 2.45) is 5.73 Å². The van der Waals surface area contributed by atoms with Crippen LogP contribution in [0, 0.1) is 0 Å². The first-order valence-corrected chi connectivity index (χ1v) is 6.64.